The van der Waals surface area contributed by atoms with Crippen LogP contribution in [0.15, 0.2) is 36.4 Å². The molecule has 0 fully saturated rings. The number of aryl methyl sites for hydroxylation is 2. The number of hydrogen-bond donors (Lipinski definition) is 1. The summed E-state index contributed by atoms with van der Waals surface area (Å²) in [5.74, 6) is 1.23. The molecule has 0 saturated heterocycles. The predicted molar refractivity (Wildman–Crippen MR) is 71.6 cm³/mol. The molecule has 0 aromatic heterocycles. The lowest BCUT2D eigenvalue weighted by Crippen LogP contribution is -1.93. The number of nitriles is 1. The molecule has 3 nitrogen and oxygen atoms in total. The van der Waals surface area contributed by atoms with Gasteiger partial charge in [-0.1, -0.05) is 12.1 Å². The summed E-state index contributed by atoms with van der Waals surface area (Å²) < 4.78 is 5.76. The topological polar surface area (TPSA) is 59.0 Å². The van der Waals surface area contributed by atoms with E-state index in [1.807, 2.05) is 32.0 Å². The molecule has 0 amide bonds. The molecule has 0 unspecified atom stereocenters. The first-order valence-corrected chi connectivity index (χ1v) is 5.65. The van der Waals surface area contributed by atoms with Gasteiger partial charge >= 0.3 is 0 Å². The van der Waals surface area contributed by atoms with Crippen molar-refractivity contribution < 1.29 is 4.74 Å². The molecular weight excluding hydrogens is 224 g/mol. The molecule has 0 aliphatic heterocycles. The molecule has 0 radical (unpaired) electrons. The van der Waals surface area contributed by atoms with Crippen LogP contribution in [0.3, 0.4) is 0 Å². The summed E-state index contributed by atoms with van der Waals surface area (Å²) in [6.45, 7) is 3.88. The zero-order valence-corrected chi connectivity index (χ0v) is 10.4. The highest BCUT2D eigenvalue weighted by Gasteiger charge is 2.07. The maximum Gasteiger partial charge on any atom is 0.145 e. The van der Waals surface area contributed by atoms with Crippen LogP contribution in [0.2, 0.25) is 0 Å². The van der Waals surface area contributed by atoms with Gasteiger partial charge in [-0.25, -0.2) is 0 Å². The minimum Gasteiger partial charge on any atom is -0.456 e. The zero-order chi connectivity index (χ0) is 13.1. The lowest BCUT2D eigenvalue weighted by molar-refractivity contribution is 0.477. The summed E-state index contributed by atoms with van der Waals surface area (Å²) in [5.41, 5.74) is 8.91. The smallest absolute Gasteiger partial charge is 0.145 e. The maximum absolute atomic E-state index is 9.09. The molecule has 18 heavy (non-hydrogen) atoms. The third-order valence-corrected chi connectivity index (χ3v) is 2.69. The van der Waals surface area contributed by atoms with Gasteiger partial charge in [0.25, 0.3) is 0 Å². The Kier molecular flexibility index (Phi) is 3.20. The van der Waals surface area contributed by atoms with Crippen molar-refractivity contribution in [3.63, 3.8) is 0 Å². The largest absolute Gasteiger partial charge is 0.456 e. The number of nitrogens with zero attached hydrogens (tertiary/aromatic N) is 1. The lowest BCUT2D eigenvalue weighted by Gasteiger charge is -2.11. The van der Waals surface area contributed by atoms with Crippen LogP contribution in [0, 0.1) is 25.2 Å². The normalized spacial score (nSPS) is 9.83. The highest BCUT2D eigenvalue weighted by Crippen LogP contribution is 2.29. The van der Waals surface area contributed by atoms with Gasteiger partial charge in [-0.3, -0.25) is 0 Å². The number of nitrogens with two attached hydrogens (primary N) is 1. The van der Waals surface area contributed by atoms with Crippen LogP contribution in [-0.4, -0.2) is 0 Å². The van der Waals surface area contributed by atoms with Gasteiger partial charge in [-0.05, 0) is 43.2 Å². The van der Waals surface area contributed by atoms with Crippen LogP contribution in [0.25, 0.3) is 0 Å². The zero-order valence-electron chi connectivity index (χ0n) is 10.4. The number of benzene rings is 2. The molecule has 0 bridgehead atoms. The van der Waals surface area contributed by atoms with E-state index in [-0.39, 0.29) is 0 Å². The van der Waals surface area contributed by atoms with Crippen molar-refractivity contribution in [1.82, 2.24) is 0 Å². The van der Waals surface area contributed by atoms with E-state index in [1.54, 1.807) is 18.2 Å². The Morgan fingerprint density at radius 2 is 1.83 bits per heavy atom. The Bertz CT molecular complexity index is 627. The van der Waals surface area contributed by atoms with Gasteiger partial charge in [0.15, 0.2) is 0 Å². The molecule has 0 atom stereocenters. The van der Waals surface area contributed by atoms with Crippen molar-refractivity contribution in [3.05, 3.63) is 53.1 Å². The van der Waals surface area contributed by atoms with Gasteiger partial charge in [0, 0.05) is 11.8 Å². The molecule has 0 heterocycles. The predicted octanol–water partition coefficient (Wildman–Crippen LogP) is 3.55. The minimum atomic E-state index is 0.525. The van der Waals surface area contributed by atoms with Crippen molar-refractivity contribution in [2.75, 3.05) is 5.73 Å². The van der Waals surface area contributed by atoms with E-state index >= 15 is 0 Å². The molecule has 0 saturated carbocycles. The summed E-state index contributed by atoms with van der Waals surface area (Å²) in [7, 11) is 0. The Morgan fingerprint density at radius 1 is 1.06 bits per heavy atom. The van der Waals surface area contributed by atoms with Gasteiger partial charge in [-0.15, -0.1) is 0 Å². The third kappa shape index (κ3) is 2.44. The van der Waals surface area contributed by atoms with Crippen molar-refractivity contribution in [2.24, 2.45) is 0 Å². The van der Waals surface area contributed by atoms with Gasteiger partial charge in [0.2, 0.25) is 0 Å². The van der Waals surface area contributed by atoms with E-state index in [0.29, 0.717) is 22.7 Å². The molecule has 0 aliphatic rings. The molecule has 2 N–H and O–H groups in total. The molecule has 2 rings (SSSR count). The van der Waals surface area contributed by atoms with Crippen LogP contribution in [-0.2, 0) is 0 Å². The van der Waals surface area contributed by atoms with Gasteiger partial charge in [-0.2, -0.15) is 5.26 Å². The molecule has 2 aromatic carbocycles. The van der Waals surface area contributed by atoms with Crippen LogP contribution >= 0.6 is 0 Å². The fourth-order valence-corrected chi connectivity index (χ4v) is 1.67. The van der Waals surface area contributed by atoms with Crippen LogP contribution in [0.5, 0.6) is 11.5 Å². The number of ether oxygens (including phenoxy) is 1. The van der Waals surface area contributed by atoms with E-state index in [4.69, 9.17) is 15.7 Å². The standard InChI is InChI=1S/C15H14N2O/c1-10-3-6-14(12(7-10)9-16)18-15-8-13(17)5-4-11(15)2/h3-8H,17H2,1-2H3. The first-order valence-electron chi connectivity index (χ1n) is 5.65. The van der Waals surface area contributed by atoms with Crippen molar-refractivity contribution in [3.8, 4) is 17.6 Å². The maximum atomic E-state index is 9.09. The quantitative estimate of drug-likeness (QED) is 0.814. The van der Waals surface area contributed by atoms with Crippen LogP contribution in [0.4, 0.5) is 5.69 Å². The van der Waals surface area contributed by atoms with Gasteiger partial charge in [0.05, 0.1) is 5.56 Å². The lowest BCUT2D eigenvalue weighted by atomic mass is 10.1. The van der Waals surface area contributed by atoms with Crippen LogP contribution < -0.4 is 10.5 Å². The Labute approximate surface area is 106 Å². The molecule has 0 aliphatic carbocycles. The number of anilines is 1. The number of rotatable bonds is 2. The summed E-state index contributed by atoms with van der Waals surface area (Å²) >= 11 is 0. The van der Waals surface area contributed by atoms with E-state index < -0.39 is 0 Å². The third-order valence-electron chi connectivity index (χ3n) is 2.69. The number of nitrogen functional groups attached to an aromatic ring is 1. The van der Waals surface area contributed by atoms with Gasteiger partial charge in [0.1, 0.15) is 17.6 Å². The summed E-state index contributed by atoms with van der Waals surface area (Å²) in [6, 6.07) is 13.1. The average Bonchev–Trinajstić information content (AvgIpc) is 2.36. The first kappa shape index (κ1) is 12.0. The van der Waals surface area contributed by atoms with E-state index in [1.165, 1.54) is 0 Å². The minimum absolute atomic E-state index is 0.525. The highest BCUT2D eigenvalue weighted by atomic mass is 16.5. The molecule has 2 aromatic rings. The van der Waals surface area contributed by atoms with Crippen molar-refractivity contribution in [2.45, 2.75) is 13.8 Å². The Morgan fingerprint density at radius 3 is 2.56 bits per heavy atom. The molecule has 3 heteroatoms. The summed E-state index contributed by atoms with van der Waals surface area (Å²) in [5, 5.41) is 9.09. The highest BCUT2D eigenvalue weighted by molar-refractivity contribution is 5.52. The molecule has 0 spiro atoms. The fraction of sp³-hybridized carbons (Fsp3) is 0.133. The van der Waals surface area contributed by atoms with Gasteiger partial charge < -0.3 is 10.5 Å². The average molecular weight is 238 g/mol. The first-order chi connectivity index (χ1) is 8.60. The SMILES string of the molecule is Cc1ccc(Oc2cc(N)ccc2C)c(C#N)c1. The van der Waals surface area contributed by atoms with E-state index in [2.05, 4.69) is 6.07 Å². The summed E-state index contributed by atoms with van der Waals surface area (Å²) in [6.07, 6.45) is 0. The van der Waals surface area contributed by atoms with Crippen molar-refractivity contribution in [1.29, 1.82) is 5.26 Å². The van der Waals surface area contributed by atoms with E-state index in [0.717, 1.165) is 11.1 Å². The van der Waals surface area contributed by atoms with Crippen molar-refractivity contribution >= 4 is 5.69 Å². The Hall–Kier alpha value is -2.47. The summed E-state index contributed by atoms with van der Waals surface area (Å²) in [4.78, 5) is 0. The second-order valence-electron chi connectivity index (χ2n) is 4.24. The molecule has 90 valence electrons. The Balaban J connectivity index is 2.40. The number of hydrogen-bond acceptors (Lipinski definition) is 3. The molecular formula is C15H14N2O. The van der Waals surface area contributed by atoms with Crippen LogP contribution in [0.1, 0.15) is 16.7 Å². The second kappa shape index (κ2) is 4.80. The second-order valence-corrected chi connectivity index (χ2v) is 4.24. The fourth-order valence-electron chi connectivity index (χ4n) is 1.67. The monoisotopic (exact) mass is 238 g/mol. The van der Waals surface area contributed by atoms with E-state index in [9.17, 15) is 0 Å².